The Labute approximate surface area is 197 Å². The van der Waals surface area contributed by atoms with E-state index in [0.717, 1.165) is 32.8 Å². The smallest absolute Gasteiger partial charge is 0.283 e. The Morgan fingerprint density at radius 2 is 1.50 bits per heavy atom. The van der Waals surface area contributed by atoms with E-state index in [4.69, 9.17) is 11.6 Å². The first-order valence-corrected chi connectivity index (χ1v) is 11.4. The van der Waals surface area contributed by atoms with Crippen LogP contribution in [0.25, 0.3) is 0 Å². The van der Waals surface area contributed by atoms with Crippen molar-refractivity contribution >= 4 is 46.6 Å². The van der Waals surface area contributed by atoms with E-state index in [-0.39, 0.29) is 17.5 Å². The minimum atomic E-state index is -0.364. The molecule has 1 aliphatic rings. The summed E-state index contributed by atoms with van der Waals surface area (Å²) in [5.74, 6) is -0.704. The number of rotatable bonds is 5. The van der Waals surface area contributed by atoms with Crippen LogP contribution in [0.4, 0.5) is 11.4 Å². The van der Waals surface area contributed by atoms with E-state index in [1.807, 2.05) is 76.2 Å². The molecule has 0 saturated heterocycles. The molecule has 3 aromatic carbocycles. The van der Waals surface area contributed by atoms with E-state index >= 15 is 0 Å². The number of carbonyl (C=O) groups excluding carboxylic acids is 2. The number of nitrogens with zero attached hydrogens (tertiary/aromatic N) is 1. The van der Waals surface area contributed by atoms with Crippen LogP contribution in [0.2, 0.25) is 5.02 Å². The Balaban J connectivity index is 1.77. The average molecular weight is 463 g/mol. The predicted octanol–water partition coefficient (Wildman–Crippen LogP) is 6.56. The second-order valence-electron chi connectivity index (χ2n) is 7.92. The minimum Gasteiger partial charge on any atom is -0.350 e. The third-order valence-electron chi connectivity index (χ3n) is 5.44. The topological polar surface area (TPSA) is 49.4 Å². The first kappa shape index (κ1) is 22.2. The summed E-state index contributed by atoms with van der Waals surface area (Å²) >= 11 is 7.27. The molecule has 1 N–H and O–H groups in total. The number of imide groups is 1. The molecular weight excluding hydrogens is 440 g/mol. The van der Waals surface area contributed by atoms with Crippen LogP contribution in [-0.4, -0.2) is 11.8 Å². The van der Waals surface area contributed by atoms with Gasteiger partial charge < -0.3 is 5.32 Å². The van der Waals surface area contributed by atoms with Crippen LogP contribution in [0.15, 0.2) is 76.2 Å². The lowest BCUT2D eigenvalue weighted by molar-refractivity contribution is -0.120. The molecule has 4 rings (SSSR count). The zero-order valence-electron chi connectivity index (χ0n) is 18.3. The summed E-state index contributed by atoms with van der Waals surface area (Å²) in [6, 6.07) is 18.8. The number of anilines is 2. The normalized spacial score (nSPS) is 13.8. The Bertz CT molecular complexity index is 1270. The van der Waals surface area contributed by atoms with Crippen LogP contribution in [0.5, 0.6) is 0 Å². The molecular formula is C26H23ClN2O2S. The lowest BCUT2D eigenvalue weighted by Crippen LogP contribution is -2.33. The van der Waals surface area contributed by atoms with Crippen LogP contribution in [0.1, 0.15) is 22.3 Å². The maximum Gasteiger partial charge on any atom is 0.283 e. The van der Waals surface area contributed by atoms with E-state index in [1.54, 1.807) is 12.1 Å². The van der Waals surface area contributed by atoms with Gasteiger partial charge in [-0.25, -0.2) is 4.90 Å². The highest BCUT2D eigenvalue weighted by Crippen LogP contribution is 2.39. The molecule has 0 fully saturated rings. The fraction of sp³-hybridized carbons (Fsp3) is 0.154. The van der Waals surface area contributed by atoms with Gasteiger partial charge in [-0.3, -0.25) is 9.59 Å². The summed E-state index contributed by atoms with van der Waals surface area (Å²) in [6.45, 7) is 7.94. The number of nitrogens with one attached hydrogen (secondary N) is 1. The van der Waals surface area contributed by atoms with Gasteiger partial charge in [0.2, 0.25) is 0 Å². The summed E-state index contributed by atoms with van der Waals surface area (Å²) in [5, 5.41) is 3.84. The molecule has 0 spiro atoms. The summed E-state index contributed by atoms with van der Waals surface area (Å²) in [5.41, 5.74) is 5.84. The van der Waals surface area contributed by atoms with Gasteiger partial charge in [0.25, 0.3) is 11.8 Å². The molecule has 0 aromatic heterocycles. The molecule has 0 unspecified atom stereocenters. The fourth-order valence-electron chi connectivity index (χ4n) is 3.57. The first-order valence-electron chi connectivity index (χ1n) is 10.2. The van der Waals surface area contributed by atoms with E-state index in [0.29, 0.717) is 15.6 Å². The van der Waals surface area contributed by atoms with E-state index < -0.39 is 0 Å². The molecule has 162 valence electrons. The largest absolute Gasteiger partial charge is 0.350 e. The van der Waals surface area contributed by atoms with Gasteiger partial charge in [0.15, 0.2) is 0 Å². The quantitative estimate of drug-likeness (QED) is 0.436. The van der Waals surface area contributed by atoms with Gasteiger partial charge in [-0.2, -0.15) is 0 Å². The molecule has 0 saturated carbocycles. The molecule has 1 heterocycles. The van der Waals surface area contributed by atoms with Crippen LogP contribution in [-0.2, 0) is 9.59 Å². The number of hydrogen-bond acceptors (Lipinski definition) is 4. The summed E-state index contributed by atoms with van der Waals surface area (Å²) in [7, 11) is 0. The average Bonchev–Trinajstić information content (AvgIpc) is 2.97. The van der Waals surface area contributed by atoms with Crippen LogP contribution in [0, 0.1) is 27.7 Å². The zero-order valence-corrected chi connectivity index (χ0v) is 19.9. The van der Waals surface area contributed by atoms with Gasteiger partial charge in [-0.1, -0.05) is 47.1 Å². The van der Waals surface area contributed by atoms with Crippen LogP contribution < -0.4 is 10.2 Å². The monoisotopic (exact) mass is 462 g/mol. The number of amides is 2. The SMILES string of the molecule is Cc1ccc(N2C(=O)C(Nc3ccc(C)c(C)c3)=C(Sc3ccc(Cl)cc3)C2=O)c(C)c1. The van der Waals surface area contributed by atoms with E-state index in [1.165, 1.54) is 16.7 Å². The number of halogens is 1. The Morgan fingerprint density at radius 3 is 2.16 bits per heavy atom. The van der Waals surface area contributed by atoms with Gasteiger partial charge in [-0.15, -0.1) is 0 Å². The summed E-state index contributed by atoms with van der Waals surface area (Å²) in [6.07, 6.45) is 0. The first-order chi connectivity index (χ1) is 15.2. The number of hydrogen-bond donors (Lipinski definition) is 1. The van der Waals surface area contributed by atoms with Crippen LogP contribution in [0.3, 0.4) is 0 Å². The highest BCUT2D eigenvalue weighted by molar-refractivity contribution is 8.04. The second-order valence-corrected chi connectivity index (χ2v) is 9.44. The van der Waals surface area contributed by atoms with Crippen molar-refractivity contribution in [2.45, 2.75) is 32.6 Å². The lowest BCUT2D eigenvalue weighted by Gasteiger charge is -2.18. The molecule has 0 aliphatic carbocycles. The van der Waals surface area contributed by atoms with Crippen molar-refractivity contribution in [3.63, 3.8) is 0 Å². The molecule has 2 amide bonds. The number of thioether (sulfide) groups is 1. The van der Waals surface area contributed by atoms with Gasteiger partial charge >= 0.3 is 0 Å². The van der Waals surface area contributed by atoms with Crippen molar-refractivity contribution < 1.29 is 9.59 Å². The number of carbonyl (C=O) groups is 2. The lowest BCUT2D eigenvalue weighted by atomic mass is 10.1. The number of benzene rings is 3. The second kappa shape index (κ2) is 8.85. The summed E-state index contributed by atoms with van der Waals surface area (Å²) < 4.78 is 0. The van der Waals surface area contributed by atoms with Gasteiger partial charge in [0, 0.05) is 15.6 Å². The molecule has 32 heavy (non-hydrogen) atoms. The third-order valence-corrected chi connectivity index (χ3v) is 6.79. The standard InChI is InChI=1S/C26H23ClN2O2S/c1-15-5-12-22(18(4)13-15)29-25(30)23(28-20-9-6-16(2)17(3)14-20)24(26(29)31)32-21-10-7-19(27)8-11-21/h5-14,28H,1-4H3. The van der Waals surface area contributed by atoms with Crippen molar-refractivity contribution in [1.82, 2.24) is 0 Å². The third kappa shape index (κ3) is 4.31. The van der Waals surface area contributed by atoms with E-state index in [9.17, 15) is 9.59 Å². The van der Waals surface area contributed by atoms with Crippen molar-refractivity contribution in [1.29, 1.82) is 0 Å². The molecule has 0 bridgehead atoms. The van der Waals surface area contributed by atoms with Crippen molar-refractivity contribution in [2.75, 3.05) is 10.2 Å². The molecule has 1 aliphatic heterocycles. The van der Waals surface area contributed by atoms with E-state index in [2.05, 4.69) is 5.32 Å². The van der Waals surface area contributed by atoms with Crippen molar-refractivity contribution in [2.24, 2.45) is 0 Å². The fourth-order valence-corrected chi connectivity index (χ4v) is 4.63. The molecule has 0 radical (unpaired) electrons. The number of aryl methyl sites for hydroxylation is 4. The van der Waals surface area contributed by atoms with Gasteiger partial charge in [0.05, 0.1) is 5.69 Å². The van der Waals surface area contributed by atoms with Crippen molar-refractivity contribution in [3.05, 3.63) is 98.5 Å². The van der Waals surface area contributed by atoms with Gasteiger partial charge in [-0.05, 0) is 86.8 Å². The predicted molar refractivity (Wildman–Crippen MR) is 132 cm³/mol. The van der Waals surface area contributed by atoms with Crippen molar-refractivity contribution in [3.8, 4) is 0 Å². The molecule has 4 nitrogen and oxygen atoms in total. The summed E-state index contributed by atoms with van der Waals surface area (Å²) in [4.78, 5) is 29.5. The van der Waals surface area contributed by atoms with Gasteiger partial charge in [0.1, 0.15) is 10.6 Å². The maximum absolute atomic E-state index is 13.5. The minimum absolute atomic E-state index is 0.276. The zero-order chi connectivity index (χ0) is 23.0. The molecule has 6 heteroatoms. The maximum atomic E-state index is 13.5. The highest BCUT2D eigenvalue weighted by atomic mass is 35.5. The Morgan fingerprint density at radius 1 is 0.781 bits per heavy atom. The van der Waals surface area contributed by atoms with Crippen LogP contribution >= 0.6 is 23.4 Å². The highest BCUT2D eigenvalue weighted by Gasteiger charge is 2.40. The molecule has 3 aromatic rings. The Kier molecular flexibility index (Phi) is 6.13. The molecule has 0 atom stereocenters. The Hall–Kier alpha value is -3.02.